The van der Waals surface area contributed by atoms with Gasteiger partial charge in [0.1, 0.15) is 5.75 Å². The number of nitrogens with one attached hydrogen (secondary N) is 1. The van der Waals surface area contributed by atoms with Gasteiger partial charge in [-0.2, -0.15) is 0 Å². The van der Waals surface area contributed by atoms with E-state index >= 15 is 0 Å². The van der Waals surface area contributed by atoms with E-state index < -0.39 is 22.8 Å². The zero-order valence-corrected chi connectivity index (χ0v) is 20.8. The molecule has 1 N–H and O–H groups in total. The Morgan fingerprint density at radius 1 is 1.16 bits per heavy atom. The van der Waals surface area contributed by atoms with Crippen molar-refractivity contribution in [2.75, 3.05) is 36.8 Å². The van der Waals surface area contributed by atoms with Crippen LogP contribution in [0.3, 0.4) is 0 Å². The number of hydrogen-bond acceptors (Lipinski definition) is 6. The maximum absolute atomic E-state index is 13.0. The maximum atomic E-state index is 13.0. The number of Topliss-reactive ketones (excluding diaryl/α,β-unsaturated/α-hetero) is 1. The van der Waals surface area contributed by atoms with Crippen LogP contribution in [0.4, 0.5) is 5.69 Å². The molecule has 0 radical (unpaired) electrons. The largest absolute Gasteiger partial charge is 0.427 e. The predicted molar refractivity (Wildman–Crippen MR) is 129 cm³/mol. The van der Waals surface area contributed by atoms with Gasteiger partial charge >= 0.3 is 5.97 Å². The first-order valence-electron chi connectivity index (χ1n) is 10.7. The number of halogens is 2. The van der Waals surface area contributed by atoms with Gasteiger partial charge in [-0.1, -0.05) is 20.8 Å². The van der Waals surface area contributed by atoms with E-state index in [1.165, 1.54) is 6.08 Å². The first-order valence-corrected chi connectivity index (χ1v) is 11.7. The highest BCUT2D eigenvalue weighted by molar-refractivity contribution is 6.18. The molecule has 0 heterocycles. The van der Waals surface area contributed by atoms with E-state index in [0.717, 1.165) is 5.69 Å². The lowest BCUT2D eigenvalue weighted by molar-refractivity contribution is -0.145. The fraction of sp³-hybridized carbons (Fsp3) is 0.542. The molecule has 32 heavy (non-hydrogen) atoms. The number of carbonyl (C=O) groups is 3. The number of carbonyl (C=O) groups excluding carboxylic acids is 3. The number of likely N-dealkylation sites (N-methyl/N-ethyl adjacent to an activating group) is 1. The number of ketones is 2. The highest BCUT2D eigenvalue weighted by atomic mass is 35.5. The molecular weight excluding hydrogens is 451 g/mol. The molecule has 1 aromatic carbocycles. The number of alkyl halides is 2. The Hall–Kier alpha value is -1.89. The summed E-state index contributed by atoms with van der Waals surface area (Å²) in [6.07, 6.45) is 1.33. The number of allylic oxidation sites excluding steroid dienone is 1. The molecule has 0 fully saturated rings. The summed E-state index contributed by atoms with van der Waals surface area (Å²) in [4.78, 5) is 40.5. The third kappa shape index (κ3) is 5.19. The Labute approximate surface area is 200 Å². The molecule has 8 heteroatoms. The Morgan fingerprint density at radius 2 is 1.72 bits per heavy atom. The van der Waals surface area contributed by atoms with Crippen molar-refractivity contribution in [3.8, 4) is 5.75 Å². The maximum Gasteiger partial charge on any atom is 0.311 e. The molecule has 0 saturated carbocycles. The minimum Gasteiger partial charge on any atom is -0.427 e. The van der Waals surface area contributed by atoms with E-state index in [4.69, 9.17) is 27.9 Å². The smallest absolute Gasteiger partial charge is 0.311 e. The van der Waals surface area contributed by atoms with Crippen LogP contribution in [0.2, 0.25) is 0 Å². The molecule has 2 unspecified atom stereocenters. The lowest BCUT2D eigenvalue weighted by Gasteiger charge is -2.49. The van der Waals surface area contributed by atoms with Crippen molar-refractivity contribution in [3.63, 3.8) is 0 Å². The summed E-state index contributed by atoms with van der Waals surface area (Å²) in [5.74, 6) is -0.0370. The zero-order chi connectivity index (χ0) is 24.1. The lowest BCUT2D eigenvalue weighted by Crippen LogP contribution is -2.67. The summed E-state index contributed by atoms with van der Waals surface area (Å²) in [6.45, 7) is 8.30. The fourth-order valence-electron chi connectivity index (χ4n) is 4.70. The summed E-state index contributed by atoms with van der Waals surface area (Å²) < 4.78 is 5.55. The van der Waals surface area contributed by atoms with Crippen LogP contribution in [0.1, 0.15) is 34.1 Å². The number of nitrogens with zero attached hydrogens (tertiary/aromatic N) is 1. The molecule has 1 aliphatic rings. The number of esters is 1. The van der Waals surface area contributed by atoms with Gasteiger partial charge in [-0.05, 0) is 49.9 Å². The third-order valence-corrected chi connectivity index (χ3v) is 6.70. The summed E-state index contributed by atoms with van der Waals surface area (Å²) in [5, 5.41) is 3.07. The molecule has 2 rings (SSSR count). The van der Waals surface area contributed by atoms with Crippen molar-refractivity contribution in [1.82, 2.24) is 5.32 Å². The molecule has 6 nitrogen and oxygen atoms in total. The summed E-state index contributed by atoms with van der Waals surface area (Å²) in [5.41, 5.74) is -0.706. The van der Waals surface area contributed by atoms with Crippen molar-refractivity contribution in [3.05, 3.63) is 35.9 Å². The van der Waals surface area contributed by atoms with Crippen LogP contribution in [0, 0.1) is 11.3 Å². The Morgan fingerprint density at radius 3 is 2.22 bits per heavy atom. The number of anilines is 1. The summed E-state index contributed by atoms with van der Waals surface area (Å²) in [6, 6.07) is 7.13. The van der Waals surface area contributed by atoms with Gasteiger partial charge in [-0.15, -0.1) is 23.2 Å². The molecule has 0 aromatic heterocycles. The Balaban J connectivity index is 2.17. The standard InChI is InChI=1S/C24H32Cl2N2O4/c1-16-14-20(29)24(27-5,17(2)22(16)31)23(3,4)15-21(30)32-19-8-6-18(7-9-19)28(12-10-25)13-11-26/h6-9,14,17,27H,10-13,15H2,1-5H3. The second-order valence-electron chi connectivity index (χ2n) is 8.73. The number of hydrogen-bond donors (Lipinski definition) is 1. The van der Waals surface area contributed by atoms with Crippen LogP contribution in [0.25, 0.3) is 0 Å². The van der Waals surface area contributed by atoms with E-state index in [9.17, 15) is 14.4 Å². The molecule has 1 aliphatic carbocycles. The molecular formula is C24H32Cl2N2O4. The van der Waals surface area contributed by atoms with Gasteiger partial charge in [0.15, 0.2) is 11.6 Å². The van der Waals surface area contributed by atoms with Gasteiger partial charge in [-0.25, -0.2) is 0 Å². The highest BCUT2D eigenvalue weighted by Gasteiger charge is 2.57. The highest BCUT2D eigenvalue weighted by Crippen LogP contribution is 2.44. The van der Waals surface area contributed by atoms with Crippen LogP contribution in [0.5, 0.6) is 5.75 Å². The van der Waals surface area contributed by atoms with Crippen molar-refractivity contribution in [1.29, 1.82) is 0 Å². The number of ether oxygens (including phenoxy) is 1. The van der Waals surface area contributed by atoms with Crippen LogP contribution in [-0.2, 0) is 14.4 Å². The fourth-order valence-corrected chi connectivity index (χ4v) is 5.11. The average Bonchev–Trinajstić information content (AvgIpc) is 2.72. The molecule has 0 bridgehead atoms. The summed E-state index contributed by atoms with van der Waals surface area (Å²) in [7, 11) is 1.65. The predicted octanol–water partition coefficient (Wildman–Crippen LogP) is 3.98. The van der Waals surface area contributed by atoms with Gasteiger partial charge in [0.25, 0.3) is 0 Å². The first-order chi connectivity index (χ1) is 15.0. The monoisotopic (exact) mass is 482 g/mol. The molecule has 0 amide bonds. The molecule has 0 aliphatic heterocycles. The minimum absolute atomic E-state index is 0.0452. The quantitative estimate of drug-likeness (QED) is 0.308. The second-order valence-corrected chi connectivity index (χ2v) is 9.49. The summed E-state index contributed by atoms with van der Waals surface area (Å²) >= 11 is 11.7. The van der Waals surface area contributed by atoms with E-state index in [1.807, 2.05) is 17.0 Å². The van der Waals surface area contributed by atoms with Crippen LogP contribution in [-0.4, -0.2) is 55.0 Å². The first kappa shape index (κ1) is 26.4. The van der Waals surface area contributed by atoms with E-state index in [2.05, 4.69) is 5.32 Å². The van der Waals surface area contributed by atoms with Crippen LogP contribution >= 0.6 is 23.2 Å². The Bertz CT molecular complexity index is 876. The van der Waals surface area contributed by atoms with E-state index in [1.54, 1.807) is 46.9 Å². The topological polar surface area (TPSA) is 75.7 Å². The van der Waals surface area contributed by atoms with E-state index in [-0.39, 0.29) is 18.0 Å². The minimum atomic E-state index is -1.20. The third-order valence-electron chi connectivity index (χ3n) is 6.36. The van der Waals surface area contributed by atoms with Gasteiger partial charge in [-0.3, -0.25) is 14.4 Å². The zero-order valence-electron chi connectivity index (χ0n) is 19.3. The number of rotatable bonds is 10. The van der Waals surface area contributed by atoms with Gasteiger partial charge in [0.2, 0.25) is 0 Å². The van der Waals surface area contributed by atoms with Crippen LogP contribution < -0.4 is 15.0 Å². The molecule has 0 spiro atoms. The van der Waals surface area contributed by atoms with Crippen molar-refractivity contribution < 1.29 is 19.1 Å². The molecule has 2 atom stereocenters. The average molecular weight is 483 g/mol. The van der Waals surface area contributed by atoms with Gasteiger partial charge in [0, 0.05) is 41.9 Å². The molecule has 0 saturated heterocycles. The lowest BCUT2D eigenvalue weighted by atomic mass is 9.58. The van der Waals surface area contributed by atoms with Crippen molar-refractivity contribution >= 4 is 46.4 Å². The molecule has 1 aromatic rings. The SMILES string of the molecule is CNC1(C(C)(C)CC(=O)Oc2ccc(N(CCCl)CCCl)cc2)C(=O)C=C(C)C(=O)C1C. The number of benzene rings is 1. The molecule has 176 valence electrons. The second kappa shape index (κ2) is 10.8. The normalized spacial score (nSPS) is 21.3. The Kier molecular flexibility index (Phi) is 8.91. The van der Waals surface area contributed by atoms with Crippen molar-refractivity contribution in [2.45, 2.75) is 39.7 Å². The van der Waals surface area contributed by atoms with Crippen LogP contribution in [0.15, 0.2) is 35.9 Å². The van der Waals surface area contributed by atoms with E-state index in [0.29, 0.717) is 36.2 Å². The van der Waals surface area contributed by atoms with Crippen molar-refractivity contribution in [2.24, 2.45) is 11.3 Å². The van der Waals surface area contributed by atoms with Gasteiger partial charge in [0.05, 0.1) is 12.0 Å². The van der Waals surface area contributed by atoms with Gasteiger partial charge < -0.3 is 15.0 Å².